The molecule has 0 spiro atoms. The number of halogens is 1. The first-order chi connectivity index (χ1) is 9.88. The van der Waals surface area contributed by atoms with Gasteiger partial charge in [0.1, 0.15) is 5.82 Å². The van der Waals surface area contributed by atoms with Crippen LogP contribution in [0.1, 0.15) is 15.9 Å². The summed E-state index contributed by atoms with van der Waals surface area (Å²) >= 11 is 0. The Kier molecular flexibility index (Phi) is 4.54. The molecule has 1 fully saturated rings. The number of benzene rings is 1. The van der Waals surface area contributed by atoms with Crippen molar-refractivity contribution in [2.45, 2.75) is 18.6 Å². The number of nitrogens with zero attached hydrogens (tertiary/aromatic N) is 1. The fourth-order valence-electron chi connectivity index (χ4n) is 2.23. The maximum atomic E-state index is 13.1. The molecule has 2 amide bonds. The van der Waals surface area contributed by atoms with Gasteiger partial charge in [-0.2, -0.15) is 0 Å². The number of hydrogen-bond acceptors (Lipinski definition) is 4. The molecule has 1 aliphatic rings. The van der Waals surface area contributed by atoms with Crippen LogP contribution in [-0.4, -0.2) is 52.2 Å². The lowest BCUT2D eigenvalue weighted by Crippen LogP contribution is -2.30. The van der Waals surface area contributed by atoms with Gasteiger partial charge in [-0.1, -0.05) is 6.07 Å². The summed E-state index contributed by atoms with van der Waals surface area (Å²) in [5.41, 5.74) is 5.64. The number of hydrogen-bond donors (Lipinski definition) is 3. The highest BCUT2D eigenvalue weighted by molar-refractivity contribution is 5.95. The van der Waals surface area contributed by atoms with Crippen molar-refractivity contribution in [2.75, 3.05) is 13.1 Å². The van der Waals surface area contributed by atoms with Gasteiger partial charge in [0.15, 0.2) is 0 Å². The zero-order chi connectivity index (χ0) is 15.6. The SMILES string of the molecule is NC(=O)c1cc(F)ccc1C[CH]C(=O)N1C[C@H](O)[C@@H](O)C1. The zero-order valence-corrected chi connectivity index (χ0v) is 11.2. The molecular formula is C14H16FN2O4. The van der Waals surface area contributed by atoms with Gasteiger partial charge in [-0.25, -0.2) is 4.39 Å². The molecule has 4 N–H and O–H groups in total. The average molecular weight is 295 g/mol. The Morgan fingerprint density at radius 3 is 2.52 bits per heavy atom. The average Bonchev–Trinajstić information content (AvgIpc) is 2.77. The Morgan fingerprint density at radius 2 is 1.95 bits per heavy atom. The predicted molar refractivity (Wildman–Crippen MR) is 71.5 cm³/mol. The third kappa shape index (κ3) is 3.56. The van der Waals surface area contributed by atoms with Crippen molar-refractivity contribution in [3.63, 3.8) is 0 Å². The molecule has 0 bridgehead atoms. The van der Waals surface area contributed by atoms with E-state index < -0.39 is 23.9 Å². The molecule has 21 heavy (non-hydrogen) atoms. The number of likely N-dealkylation sites (tertiary alicyclic amines) is 1. The number of β-amino-alcohol motifs (C(OH)–C–C–N with tert-alkyl or cyclic N) is 2. The first-order valence-corrected chi connectivity index (χ1v) is 6.45. The van der Waals surface area contributed by atoms with E-state index in [9.17, 15) is 24.2 Å². The highest BCUT2D eigenvalue weighted by atomic mass is 19.1. The standard InChI is InChI=1S/C14H16FN2O4/c15-9-3-1-8(10(5-9)14(16)21)2-4-13(20)17-6-11(18)12(19)7-17/h1,3-5,11-12,18-19H,2,6-7H2,(H2,16,21)/t11-,12-/m0/s1. The molecule has 6 nitrogen and oxygen atoms in total. The lowest BCUT2D eigenvalue weighted by molar-refractivity contribution is -0.127. The zero-order valence-electron chi connectivity index (χ0n) is 11.2. The van der Waals surface area contributed by atoms with Crippen molar-refractivity contribution in [1.82, 2.24) is 4.90 Å². The lowest BCUT2D eigenvalue weighted by atomic mass is 10.0. The minimum atomic E-state index is -0.950. The van der Waals surface area contributed by atoms with Crippen LogP contribution in [0.5, 0.6) is 0 Å². The molecular weight excluding hydrogens is 279 g/mol. The maximum absolute atomic E-state index is 13.1. The van der Waals surface area contributed by atoms with Gasteiger partial charge in [0.2, 0.25) is 11.8 Å². The first kappa shape index (κ1) is 15.4. The highest BCUT2D eigenvalue weighted by Gasteiger charge is 2.32. The van der Waals surface area contributed by atoms with E-state index in [0.29, 0.717) is 5.56 Å². The van der Waals surface area contributed by atoms with Gasteiger partial charge in [-0.3, -0.25) is 9.59 Å². The number of primary amides is 1. The number of carbonyl (C=O) groups excluding carboxylic acids is 2. The molecule has 0 aromatic heterocycles. The normalized spacial score (nSPS) is 21.6. The fourth-order valence-corrected chi connectivity index (χ4v) is 2.23. The van der Waals surface area contributed by atoms with E-state index in [1.165, 1.54) is 23.5 Å². The second-order valence-corrected chi connectivity index (χ2v) is 4.95. The molecule has 2 atom stereocenters. The van der Waals surface area contributed by atoms with Crippen molar-refractivity contribution in [1.29, 1.82) is 0 Å². The van der Waals surface area contributed by atoms with Crippen LogP contribution < -0.4 is 5.73 Å². The summed E-state index contributed by atoms with van der Waals surface area (Å²) in [4.78, 5) is 24.5. The number of amides is 2. The molecule has 0 aliphatic carbocycles. The molecule has 0 saturated carbocycles. The minimum absolute atomic E-state index is 0.0283. The van der Waals surface area contributed by atoms with Crippen molar-refractivity contribution < 1.29 is 24.2 Å². The molecule has 1 aromatic carbocycles. The molecule has 1 aliphatic heterocycles. The van der Waals surface area contributed by atoms with Crippen LogP contribution in [0.4, 0.5) is 4.39 Å². The first-order valence-electron chi connectivity index (χ1n) is 6.45. The molecule has 1 radical (unpaired) electrons. The Labute approximate surface area is 121 Å². The number of carbonyl (C=O) groups is 2. The van der Waals surface area contributed by atoms with Gasteiger partial charge in [-0.05, 0) is 24.1 Å². The Hall–Kier alpha value is -1.99. The van der Waals surface area contributed by atoms with Crippen LogP contribution in [0.3, 0.4) is 0 Å². The summed E-state index contributed by atoms with van der Waals surface area (Å²) in [6.07, 6.45) is -0.478. The third-order valence-corrected chi connectivity index (χ3v) is 3.40. The molecule has 1 saturated heterocycles. The van der Waals surface area contributed by atoms with Crippen molar-refractivity contribution >= 4 is 11.8 Å². The summed E-state index contributed by atoms with van der Waals surface area (Å²) in [7, 11) is 0. The van der Waals surface area contributed by atoms with Gasteiger partial charge in [0.25, 0.3) is 0 Å². The number of aliphatic hydroxyl groups excluding tert-OH is 2. The summed E-state index contributed by atoms with van der Waals surface area (Å²) < 4.78 is 13.1. The van der Waals surface area contributed by atoms with E-state index in [-0.39, 0.29) is 31.0 Å². The second-order valence-electron chi connectivity index (χ2n) is 4.95. The highest BCUT2D eigenvalue weighted by Crippen LogP contribution is 2.15. The summed E-state index contributed by atoms with van der Waals surface area (Å²) in [6, 6.07) is 3.61. The van der Waals surface area contributed by atoms with E-state index in [2.05, 4.69) is 0 Å². The van der Waals surface area contributed by atoms with Crippen LogP contribution in [0.2, 0.25) is 0 Å². The van der Waals surface area contributed by atoms with E-state index in [0.717, 1.165) is 6.07 Å². The Balaban J connectivity index is 2.00. The molecule has 1 aromatic rings. The largest absolute Gasteiger partial charge is 0.388 e. The lowest BCUT2D eigenvalue weighted by Gasteiger charge is -2.15. The predicted octanol–water partition coefficient (Wildman–Crippen LogP) is -0.765. The van der Waals surface area contributed by atoms with Gasteiger partial charge in [-0.15, -0.1) is 0 Å². The van der Waals surface area contributed by atoms with Crippen LogP contribution >= 0.6 is 0 Å². The van der Waals surface area contributed by atoms with Gasteiger partial charge in [0.05, 0.1) is 18.6 Å². The minimum Gasteiger partial charge on any atom is -0.388 e. The summed E-state index contributed by atoms with van der Waals surface area (Å²) in [5.74, 6) is -1.72. The molecule has 113 valence electrons. The number of nitrogens with two attached hydrogens (primary N) is 1. The van der Waals surface area contributed by atoms with E-state index in [1.54, 1.807) is 0 Å². The van der Waals surface area contributed by atoms with Crippen LogP contribution in [-0.2, 0) is 11.2 Å². The van der Waals surface area contributed by atoms with Crippen LogP contribution in [0.25, 0.3) is 0 Å². The van der Waals surface area contributed by atoms with Crippen LogP contribution in [0.15, 0.2) is 18.2 Å². The summed E-state index contributed by atoms with van der Waals surface area (Å²) in [6.45, 7) is 0.116. The topological polar surface area (TPSA) is 104 Å². The van der Waals surface area contributed by atoms with E-state index >= 15 is 0 Å². The molecule has 2 rings (SSSR count). The summed E-state index contributed by atoms with van der Waals surface area (Å²) in [5, 5.41) is 18.8. The van der Waals surface area contributed by atoms with Crippen molar-refractivity contribution in [2.24, 2.45) is 5.73 Å². The fraction of sp³-hybridized carbons (Fsp3) is 0.357. The molecule has 1 heterocycles. The smallest absolute Gasteiger partial charge is 0.249 e. The molecule has 7 heteroatoms. The maximum Gasteiger partial charge on any atom is 0.249 e. The number of rotatable bonds is 4. The van der Waals surface area contributed by atoms with E-state index in [1.807, 2.05) is 0 Å². The molecule has 0 unspecified atom stereocenters. The Bertz CT molecular complexity index is 554. The quantitative estimate of drug-likeness (QED) is 0.679. The third-order valence-electron chi connectivity index (χ3n) is 3.40. The van der Waals surface area contributed by atoms with Gasteiger partial charge in [0, 0.05) is 18.7 Å². The van der Waals surface area contributed by atoms with Crippen molar-refractivity contribution in [3.8, 4) is 0 Å². The number of aliphatic hydroxyl groups is 2. The monoisotopic (exact) mass is 295 g/mol. The Morgan fingerprint density at radius 1 is 1.33 bits per heavy atom. The van der Waals surface area contributed by atoms with Gasteiger partial charge >= 0.3 is 0 Å². The van der Waals surface area contributed by atoms with Crippen molar-refractivity contribution in [3.05, 3.63) is 41.6 Å². The van der Waals surface area contributed by atoms with Crippen LogP contribution in [0, 0.1) is 12.2 Å². The second kappa shape index (κ2) is 6.19. The van der Waals surface area contributed by atoms with Gasteiger partial charge < -0.3 is 20.8 Å². The van der Waals surface area contributed by atoms with E-state index in [4.69, 9.17) is 5.73 Å².